The first-order valence-corrected chi connectivity index (χ1v) is 6.35. The second kappa shape index (κ2) is 5.78. The smallest absolute Gasteiger partial charge is 0.413 e. The van der Waals surface area contributed by atoms with Crippen molar-refractivity contribution in [3.8, 4) is 0 Å². The lowest BCUT2D eigenvalue weighted by atomic mass is 10.1. The lowest BCUT2D eigenvalue weighted by Gasteiger charge is -2.08. The van der Waals surface area contributed by atoms with E-state index in [2.05, 4.69) is 10.3 Å². The number of nitrogens with one attached hydrogen (secondary N) is 1. The Balaban J connectivity index is 2.15. The number of hydroxylamine groups is 1. The van der Waals surface area contributed by atoms with Crippen molar-refractivity contribution < 1.29 is 27.9 Å². The number of fused-ring (bicyclic) bond motifs is 1. The maximum atomic E-state index is 11.9. The Morgan fingerprint density at radius 3 is 2.70 bits per heavy atom. The van der Waals surface area contributed by atoms with E-state index in [4.69, 9.17) is 5.11 Å². The molecule has 0 saturated carbocycles. The molecule has 1 aromatic carbocycles. The monoisotopic (exact) mass is 305 g/mol. The van der Waals surface area contributed by atoms with Crippen LogP contribution in [0.1, 0.15) is 15.2 Å². The van der Waals surface area contributed by atoms with Crippen molar-refractivity contribution in [1.82, 2.24) is 5.48 Å². The average molecular weight is 305 g/mol. The van der Waals surface area contributed by atoms with Crippen LogP contribution in [-0.4, -0.2) is 23.9 Å². The molecular weight excluding hydrogens is 295 g/mol. The maximum Gasteiger partial charge on any atom is 0.413 e. The number of carbonyl (C=O) groups is 1. The van der Waals surface area contributed by atoms with Crippen molar-refractivity contribution in [2.75, 3.05) is 6.61 Å². The number of hydrogen-bond acceptors (Lipinski definition) is 4. The third-order valence-corrected chi connectivity index (χ3v) is 3.68. The number of thiophene rings is 1. The predicted octanol–water partition coefficient (Wildman–Crippen LogP) is 3.18. The molecule has 1 heterocycles. The summed E-state index contributed by atoms with van der Waals surface area (Å²) in [6.07, 6.45) is -4.43. The normalized spacial score (nSPS) is 11.9. The van der Waals surface area contributed by atoms with Crippen LogP contribution < -0.4 is 5.48 Å². The van der Waals surface area contributed by atoms with Crippen molar-refractivity contribution in [1.29, 1.82) is 0 Å². The molecule has 0 unspecified atom stereocenters. The zero-order valence-electron chi connectivity index (χ0n) is 10.0. The van der Waals surface area contributed by atoms with Gasteiger partial charge < -0.3 is 5.11 Å². The molecule has 0 amide bonds. The van der Waals surface area contributed by atoms with Crippen LogP contribution in [0.15, 0.2) is 24.3 Å². The van der Waals surface area contributed by atoms with Gasteiger partial charge in [-0.2, -0.15) is 18.7 Å². The summed E-state index contributed by atoms with van der Waals surface area (Å²) in [7, 11) is 0. The van der Waals surface area contributed by atoms with Crippen LogP contribution in [0.2, 0.25) is 0 Å². The second-order valence-electron chi connectivity index (χ2n) is 3.94. The first kappa shape index (κ1) is 14.8. The third kappa shape index (κ3) is 3.47. The Bertz CT molecular complexity index is 624. The topological polar surface area (TPSA) is 58.6 Å². The molecule has 0 atom stereocenters. The van der Waals surface area contributed by atoms with Crippen molar-refractivity contribution in [2.24, 2.45) is 0 Å². The fourth-order valence-corrected chi connectivity index (χ4v) is 2.76. The van der Waals surface area contributed by atoms with Gasteiger partial charge in [0.05, 0.1) is 0 Å². The molecule has 0 saturated heterocycles. The minimum atomic E-state index is -4.43. The zero-order valence-corrected chi connectivity index (χ0v) is 10.8. The molecule has 0 radical (unpaired) electrons. The van der Waals surface area contributed by atoms with Crippen LogP contribution in [0.25, 0.3) is 10.1 Å². The fraction of sp³-hybridized carbons (Fsp3) is 0.250. The number of rotatable bonds is 5. The Kier molecular flexibility index (Phi) is 4.26. The summed E-state index contributed by atoms with van der Waals surface area (Å²) in [6.45, 7) is -1.54. The fourth-order valence-electron chi connectivity index (χ4n) is 1.70. The Hall–Kier alpha value is -1.64. The number of halogens is 3. The van der Waals surface area contributed by atoms with Crippen LogP contribution in [0, 0.1) is 0 Å². The van der Waals surface area contributed by atoms with Gasteiger partial charge in [0, 0.05) is 16.8 Å². The highest BCUT2D eigenvalue weighted by Gasteiger charge is 2.28. The number of benzene rings is 1. The summed E-state index contributed by atoms with van der Waals surface area (Å²) in [5.74, 6) is -1.11. The molecule has 4 nitrogen and oxygen atoms in total. The summed E-state index contributed by atoms with van der Waals surface area (Å²) in [5.41, 5.74) is 2.57. The lowest BCUT2D eigenvalue weighted by molar-refractivity contribution is -0.190. The molecule has 0 spiro atoms. The maximum absolute atomic E-state index is 11.9. The summed E-state index contributed by atoms with van der Waals surface area (Å²) in [6, 6.07) is 6.98. The minimum absolute atomic E-state index is 0.0920. The molecular formula is C12H10F3NO3S. The van der Waals surface area contributed by atoms with Crippen LogP contribution in [0.5, 0.6) is 0 Å². The van der Waals surface area contributed by atoms with E-state index < -0.39 is 18.8 Å². The minimum Gasteiger partial charge on any atom is -0.477 e. The molecule has 0 bridgehead atoms. The van der Waals surface area contributed by atoms with Crippen LogP contribution in [0.3, 0.4) is 0 Å². The average Bonchev–Trinajstić information content (AvgIpc) is 2.72. The molecule has 8 heteroatoms. The predicted molar refractivity (Wildman–Crippen MR) is 67.6 cm³/mol. The largest absolute Gasteiger partial charge is 0.477 e. The number of carboxylic acids is 1. The number of aromatic carboxylic acids is 1. The van der Waals surface area contributed by atoms with Gasteiger partial charge in [0.25, 0.3) is 0 Å². The highest BCUT2D eigenvalue weighted by Crippen LogP contribution is 2.31. The molecule has 2 rings (SSSR count). The summed E-state index contributed by atoms with van der Waals surface area (Å²) in [5, 5.41) is 9.81. The lowest BCUT2D eigenvalue weighted by Crippen LogP contribution is -2.24. The van der Waals surface area contributed by atoms with Crippen molar-refractivity contribution in [2.45, 2.75) is 12.7 Å². The van der Waals surface area contributed by atoms with Gasteiger partial charge in [0.15, 0.2) is 6.61 Å². The van der Waals surface area contributed by atoms with E-state index in [9.17, 15) is 18.0 Å². The second-order valence-corrected chi connectivity index (χ2v) is 4.99. The van der Waals surface area contributed by atoms with E-state index in [0.717, 1.165) is 16.0 Å². The van der Waals surface area contributed by atoms with E-state index >= 15 is 0 Å². The van der Waals surface area contributed by atoms with E-state index in [-0.39, 0.29) is 11.4 Å². The van der Waals surface area contributed by atoms with Crippen LogP contribution in [-0.2, 0) is 11.4 Å². The number of alkyl halides is 3. The molecule has 1 aromatic heterocycles. The van der Waals surface area contributed by atoms with Gasteiger partial charge in [-0.1, -0.05) is 18.2 Å². The van der Waals surface area contributed by atoms with Gasteiger partial charge in [-0.15, -0.1) is 11.3 Å². The Morgan fingerprint density at radius 1 is 1.35 bits per heavy atom. The van der Waals surface area contributed by atoms with Gasteiger partial charge in [-0.05, 0) is 11.5 Å². The molecule has 0 aliphatic heterocycles. The van der Waals surface area contributed by atoms with E-state index in [1.165, 1.54) is 0 Å². The van der Waals surface area contributed by atoms with E-state index in [1.807, 2.05) is 0 Å². The number of hydrogen-bond donors (Lipinski definition) is 2. The van der Waals surface area contributed by atoms with Gasteiger partial charge in [-0.3, -0.25) is 4.84 Å². The van der Waals surface area contributed by atoms with Crippen LogP contribution >= 0.6 is 11.3 Å². The summed E-state index contributed by atoms with van der Waals surface area (Å²) < 4.78 is 36.5. The SMILES string of the molecule is O=C(O)c1sc2ccccc2c1CNOCC(F)(F)F. The van der Waals surface area contributed by atoms with Gasteiger partial charge in [0.1, 0.15) is 4.88 Å². The number of carboxylic acid groups (broad SMARTS) is 1. The quantitative estimate of drug-likeness (QED) is 0.658. The molecule has 0 aliphatic carbocycles. The van der Waals surface area contributed by atoms with Gasteiger partial charge in [0.2, 0.25) is 0 Å². The van der Waals surface area contributed by atoms with E-state index in [1.54, 1.807) is 24.3 Å². The van der Waals surface area contributed by atoms with Gasteiger partial charge in [-0.25, -0.2) is 4.79 Å². The molecule has 0 aliphatic rings. The van der Waals surface area contributed by atoms with Crippen LogP contribution in [0.4, 0.5) is 13.2 Å². The van der Waals surface area contributed by atoms with Crippen molar-refractivity contribution >= 4 is 27.4 Å². The molecule has 2 N–H and O–H groups in total. The van der Waals surface area contributed by atoms with Crippen molar-refractivity contribution in [3.63, 3.8) is 0 Å². The first-order valence-electron chi connectivity index (χ1n) is 5.53. The molecule has 0 fully saturated rings. The van der Waals surface area contributed by atoms with Crippen molar-refractivity contribution in [3.05, 3.63) is 34.7 Å². The summed E-state index contributed by atoms with van der Waals surface area (Å²) >= 11 is 1.08. The highest BCUT2D eigenvalue weighted by atomic mass is 32.1. The molecule has 20 heavy (non-hydrogen) atoms. The third-order valence-electron chi connectivity index (χ3n) is 2.48. The molecule has 2 aromatic rings. The zero-order chi connectivity index (χ0) is 14.8. The summed E-state index contributed by atoms with van der Waals surface area (Å²) in [4.78, 5) is 15.5. The molecule has 108 valence electrons. The first-order chi connectivity index (χ1) is 9.38. The van der Waals surface area contributed by atoms with Gasteiger partial charge >= 0.3 is 12.1 Å². The highest BCUT2D eigenvalue weighted by molar-refractivity contribution is 7.21. The van der Waals surface area contributed by atoms with E-state index in [0.29, 0.717) is 10.9 Å². The Morgan fingerprint density at radius 2 is 2.05 bits per heavy atom. The Labute approximate surface area is 115 Å². The standard InChI is InChI=1S/C12H10F3NO3S/c13-12(14,15)6-19-16-5-8-7-3-1-2-4-9(7)20-10(8)11(17)18/h1-4,16H,5-6H2,(H,17,18).